The Morgan fingerprint density at radius 3 is 2.40 bits per heavy atom. The molecular formula is C16H28N4. The number of nitrogens with zero attached hydrogens (tertiary/aromatic N) is 2. The second kappa shape index (κ2) is 7.02. The van der Waals surface area contributed by atoms with Gasteiger partial charge in [-0.1, -0.05) is 26.7 Å². The lowest BCUT2D eigenvalue weighted by Crippen LogP contribution is -2.19. The van der Waals surface area contributed by atoms with E-state index in [0.717, 1.165) is 35.2 Å². The third-order valence-corrected chi connectivity index (χ3v) is 4.63. The number of rotatable bonds is 5. The highest BCUT2D eigenvalue weighted by molar-refractivity contribution is 5.45. The molecule has 1 saturated carbocycles. The van der Waals surface area contributed by atoms with Crippen molar-refractivity contribution >= 4 is 5.82 Å². The van der Waals surface area contributed by atoms with Crippen LogP contribution in [-0.2, 0) is 6.42 Å². The first-order valence-corrected chi connectivity index (χ1v) is 8.03. The normalized spacial score (nSPS) is 22.8. The number of anilines is 1. The number of nitrogens with two attached hydrogens (primary N) is 1. The van der Waals surface area contributed by atoms with E-state index in [1.165, 1.54) is 38.5 Å². The van der Waals surface area contributed by atoms with Gasteiger partial charge in [-0.3, -0.25) is 0 Å². The van der Waals surface area contributed by atoms with Crippen LogP contribution >= 0.6 is 0 Å². The Morgan fingerprint density at radius 2 is 1.85 bits per heavy atom. The molecule has 0 radical (unpaired) electrons. The fraction of sp³-hybridized carbons (Fsp3) is 0.750. The first-order valence-electron chi connectivity index (χ1n) is 8.03. The van der Waals surface area contributed by atoms with Crippen molar-refractivity contribution in [2.45, 2.75) is 71.6 Å². The van der Waals surface area contributed by atoms with Gasteiger partial charge in [0, 0.05) is 17.2 Å². The Kier molecular flexibility index (Phi) is 5.35. The van der Waals surface area contributed by atoms with E-state index in [-0.39, 0.29) is 0 Å². The summed E-state index contributed by atoms with van der Waals surface area (Å²) in [5.41, 5.74) is 4.95. The lowest BCUT2D eigenvalue weighted by Gasteiger charge is -2.28. The van der Waals surface area contributed by atoms with Crippen LogP contribution < -0.4 is 11.3 Å². The van der Waals surface area contributed by atoms with E-state index >= 15 is 0 Å². The van der Waals surface area contributed by atoms with Crippen LogP contribution in [-0.4, -0.2) is 9.97 Å². The molecule has 0 amide bonds. The maximum Gasteiger partial charge on any atom is 0.147 e. The number of nitrogens with one attached hydrogen (secondary N) is 1. The maximum absolute atomic E-state index is 5.61. The molecule has 2 rings (SSSR count). The minimum atomic E-state index is 0.514. The van der Waals surface area contributed by atoms with Crippen LogP contribution in [0, 0.1) is 12.8 Å². The number of aryl methyl sites for hydroxylation is 1. The van der Waals surface area contributed by atoms with Crippen LogP contribution in [0.4, 0.5) is 5.82 Å². The molecule has 4 nitrogen and oxygen atoms in total. The summed E-state index contributed by atoms with van der Waals surface area (Å²) < 4.78 is 0. The summed E-state index contributed by atoms with van der Waals surface area (Å²) in [6.45, 7) is 6.46. The molecule has 0 atom stereocenters. The Morgan fingerprint density at radius 1 is 1.15 bits per heavy atom. The number of hydrogen-bond donors (Lipinski definition) is 2. The van der Waals surface area contributed by atoms with Gasteiger partial charge in [0.15, 0.2) is 0 Å². The van der Waals surface area contributed by atoms with Crippen molar-refractivity contribution in [1.29, 1.82) is 0 Å². The van der Waals surface area contributed by atoms with Crippen LogP contribution in [0.3, 0.4) is 0 Å². The van der Waals surface area contributed by atoms with Crippen molar-refractivity contribution in [3.05, 3.63) is 17.1 Å². The molecule has 0 unspecified atom stereocenters. The summed E-state index contributed by atoms with van der Waals surface area (Å²) in [7, 11) is 0. The summed E-state index contributed by atoms with van der Waals surface area (Å²) in [6, 6.07) is 0. The smallest absolute Gasteiger partial charge is 0.147 e. The summed E-state index contributed by atoms with van der Waals surface area (Å²) >= 11 is 0. The molecule has 0 spiro atoms. The molecule has 1 aliphatic rings. The third kappa shape index (κ3) is 3.29. The van der Waals surface area contributed by atoms with Gasteiger partial charge in [-0.2, -0.15) is 0 Å². The molecule has 1 aromatic rings. The van der Waals surface area contributed by atoms with Crippen molar-refractivity contribution in [2.24, 2.45) is 11.8 Å². The molecule has 1 aromatic heterocycles. The van der Waals surface area contributed by atoms with Gasteiger partial charge in [0.1, 0.15) is 11.6 Å². The zero-order valence-electron chi connectivity index (χ0n) is 13.1. The largest absolute Gasteiger partial charge is 0.308 e. The summed E-state index contributed by atoms with van der Waals surface area (Å²) in [6.07, 6.45) is 8.67. The number of aromatic nitrogens is 2. The van der Waals surface area contributed by atoms with E-state index in [0.29, 0.717) is 5.92 Å². The molecule has 0 bridgehead atoms. The molecule has 0 saturated heterocycles. The average molecular weight is 276 g/mol. The Bertz CT molecular complexity index is 436. The summed E-state index contributed by atoms with van der Waals surface area (Å²) in [5.74, 6) is 8.84. The minimum Gasteiger partial charge on any atom is -0.308 e. The van der Waals surface area contributed by atoms with Gasteiger partial charge in [0.2, 0.25) is 0 Å². The molecule has 20 heavy (non-hydrogen) atoms. The molecule has 4 heteroatoms. The van der Waals surface area contributed by atoms with Gasteiger partial charge in [0.05, 0.1) is 0 Å². The second-order valence-corrected chi connectivity index (χ2v) is 6.00. The predicted octanol–water partition coefficient (Wildman–Crippen LogP) is 3.71. The SMILES string of the molecule is CCCC1CCC(c2nc(C)c(CC)c(NN)n2)CC1. The Hall–Kier alpha value is -1.16. The first-order chi connectivity index (χ1) is 9.69. The molecule has 1 fully saturated rings. The van der Waals surface area contributed by atoms with E-state index in [2.05, 4.69) is 31.2 Å². The van der Waals surface area contributed by atoms with Crippen molar-refractivity contribution in [1.82, 2.24) is 9.97 Å². The highest BCUT2D eigenvalue weighted by atomic mass is 15.3. The van der Waals surface area contributed by atoms with Gasteiger partial charge in [-0.15, -0.1) is 0 Å². The van der Waals surface area contributed by atoms with Crippen LogP contribution in [0.15, 0.2) is 0 Å². The molecule has 112 valence electrons. The fourth-order valence-electron chi connectivity index (χ4n) is 3.46. The predicted molar refractivity (Wildman–Crippen MR) is 83.6 cm³/mol. The van der Waals surface area contributed by atoms with Crippen molar-refractivity contribution in [3.63, 3.8) is 0 Å². The minimum absolute atomic E-state index is 0.514. The molecule has 1 aliphatic carbocycles. The zero-order chi connectivity index (χ0) is 14.5. The van der Waals surface area contributed by atoms with Crippen LogP contribution in [0.1, 0.15) is 75.4 Å². The highest BCUT2D eigenvalue weighted by Gasteiger charge is 2.24. The van der Waals surface area contributed by atoms with E-state index in [1.54, 1.807) is 0 Å². The Balaban J connectivity index is 2.12. The van der Waals surface area contributed by atoms with E-state index < -0.39 is 0 Å². The topological polar surface area (TPSA) is 63.8 Å². The third-order valence-electron chi connectivity index (χ3n) is 4.63. The monoisotopic (exact) mass is 276 g/mol. The number of hydrazine groups is 1. The maximum atomic E-state index is 5.61. The number of nitrogen functional groups attached to an aromatic ring is 1. The van der Waals surface area contributed by atoms with Crippen LogP contribution in [0.5, 0.6) is 0 Å². The van der Waals surface area contributed by atoms with E-state index in [4.69, 9.17) is 10.8 Å². The highest BCUT2D eigenvalue weighted by Crippen LogP contribution is 2.36. The molecule has 1 heterocycles. The van der Waals surface area contributed by atoms with Gasteiger partial charge in [-0.05, 0) is 44.9 Å². The van der Waals surface area contributed by atoms with E-state index in [9.17, 15) is 0 Å². The van der Waals surface area contributed by atoms with Crippen LogP contribution in [0.25, 0.3) is 0 Å². The standard InChI is InChI=1S/C16H28N4/c1-4-6-12-7-9-13(10-8-12)15-18-11(3)14(5-2)16(19-15)20-17/h12-13H,4-10,17H2,1-3H3,(H,18,19,20). The van der Waals surface area contributed by atoms with E-state index in [1.807, 2.05) is 0 Å². The summed E-state index contributed by atoms with van der Waals surface area (Å²) in [4.78, 5) is 9.41. The quantitative estimate of drug-likeness (QED) is 0.635. The zero-order valence-corrected chi connectivity index (χ0v) is 13.1. The summed E-state index contributed by atoms with van der Waals surface area (Å²) in [5, 5.41) is 0. The molecule has 3 N–H and O–H groups in total. The van der Waals surface area contributed by atoms with Gasteiger partial charge in [-0.25, -0.2) is 15.8 Å². The van der Waals surface area contributed by atoms with Crippen molar-refractivity contribution in [3.8, 4) is 0 Å². The fourth-order valence-corrected chi connectivity index (χ4v) is 3.46. The van der Waals surface area contributed by atoms with Crippen molar-refractivity contribution in [2.75, 3.05) is 5.43 Å². The van der Waals surface area contributed by atoms with Gasteiger partial charge < -0.3 is 5.43 Å². The van der Waals surface area contributed by atoms with Gasteiger partial charge >= 0.3 is 0 Å². The average Bonchev–Trinajstić information content (AvgIpc) is 2.47. The Labute approximate surface area is 122 Å². The lowest BCUT2D eigenvalue weighted by molar-refractivity contribution is 0.302. The molecule has 0 aliphatic heterocycles. The lowest BCUT2D eigenvalue weighted by atomic mass is 9.79. The number of hydrogen-bond acceptors (Lipinski definition) is 4. The molecule has 0 aromatic carbocycles. The van der Waals surface area contributed by atoms with Crippen LogP contribution in [0.2, 0.25) is 0 Å². The first kappa shape index (κ1) is 15.2. The van der Waals surface area contributed by atoms with Gasteiger partial charge in [0.25, 0.3) is 0 Å². The molecular weight excluding hydrogens is 248 g/mol. The second-order valence-electron chi connectivity index (χ2n) is 6.00. The van der Waals surface area contributed by atoms with Crippen molar-refractivity contribution < 1.29 is 0 Å².